The molecule has 1 N–H and O–H groups in total. The topological polar surface area (TPSA) is 63.2 Å². The van der Waals surface area contributed by atoms with E-state index in [-0.39, 0.29) is 17.5 Å². The molecule has 1 aliphatic rings. The molecule has 0 radical (unpaired) electrons. The Morgan fingerprint density at radius 2 is 1.86 bits per heavy atom. The van der Waals surface area contributed by atoms with E-state index in [1.54, 1.807) is 24.5 Å². The lowest BCUT2D eigenvalue weighted by Crippen LogP contribution is -2.48. The van der Waals surface area contributed by atoms with Crippen LogP contribution in [0.15, 0.2) is 67.1 Å². The highest BCUT2D eigenvalue weighted by molar-refractivity contribution is 5.88. The molecule has 6 nitrogen and oxygen atoms in total. The number of likely N-dealkylation sites (tertiary alicyclic amines) is 1. The molecule has 4 aromatic rings. The van der Waals surface area contributed by atoms with E-state index in [1.807, 2.05) is 24.4 Å². The van der Waals surface area contributed by atoms with Gasteiger partial charge in [-0.1, -0.05) is 12.1 Å². The van der Waals surface area contributed by atoms with Crippen LogP contribution < -0.4 is 10.1 Å². The number of fused-ring (bicyclic) bond motifs is 1. The number of hydrogen-bond acceptors (Lipinski definition) is 6. The minimum atomic E-state index is -0.315. The van der Waals surface area contributed by atoms with Crippen molar-refractivity contribution in [2.75, 3.05) is 18.4 Å². The van der Waals surface area contributed by atoms with Crippen molar-refractivity contribution in [2.24, 2.45) is 0 Å². The van der Waals surface area contributed by atoms with Crippen LogP contribution in [0.25, 0.3) is 22.0 Å². The SMILES string of the molecule is CC(C)(C)N1CCC(Oc2cc3nc(Nc4cccc(F)c4)ncc3cc2-c2cccnc2)CC1. The molecule has 7 heteroatoms. The molecule has 1 aliphatic heterocycles. The standard InChI is InChI=1S/C28H30FN5O/c1-28(2,3)34-12-9-23(10-13-34)35-26-16-25-20(14-24(26)19-6-5-11-30-17-19)18-31-27(33-25)32-22-8-4-7-21(29)15-22/h4-8,11,14-18,23H,9-10,12-13H2,1-3H3,(H,31,32,33). The summed E-state index contributed by atoms with van der Waals surface area (Å²) in [6.45, 7) is 8.79. The molecule has 0 bridgehead atoms. The molecule has 2 aromatic carbocycles. The maximum Gasteiger partial charge on any atom is 0.227 e. The first kappa shape index (κ1) is 23.2. The number of aromatic nitrogens is 3. The molecule has 0 aliphatic carbocycles. The van der Waals surface area contributed by atoms with E-state index >= 15 is 0 Å². The Labute approximate surface area is 205 Å². The normalized spacial score (nSPS) is 15.3. The van der Waals surface area contributed by atoms with E-state index in [9.17, 15) is 4.39 Å². The van der Waals surface area contributed by atoms with E-state index in [1.165, 1.54) is 12.1 Å². The lowest BCUT2D eigenvalue weighted by atomic mass is 9.99. The summed E-state index contributed by atoms with van der Waals surface area (Å²) < 4.78 is 20.2. The molecule has 0 unspecified atom stereocenters. The van der Waals surface area contributed by atoms with Crippen molar-refractivity contribution < 1.29 is 9.13 Å². The second kappa shape index (κ2) is 9.58. The summed E-state index contributed by atoms with van der Waals surface area (Å²) in [5.74, 6) is 0.877. The molecule has 1 saturated heterocycles. The van der Waals surface area contributed by atoms with Gasteiger partial charge in [-0.15, -0.1) is 0 Å². The number of anilines is 2. The number of nitrogens with zero attached hydrogens (tertiary/aromatic N) is 4. The summed E-state index contributed by atoms with van der Waals surface area (Å²) in [6.07, 6.45) is 7.46. The molecule has 35 heavy (non-hydrogen) atoms. The second-order valence-corrected chi connectivity index (χ2v) is 9.95. The van der Waals surface area contributed by atoms with Gasteiger partial charge in [0.2, 0.25) is 5.95 Å². The fourth-order valence-electron chi connectivity index (χ4n) is 4.48. The van der Waals surface area contributed by atoms with Crippen molar-refractivity contribution in [1.82, 2.24) is 19.9 Å². The molecule has 0 saturated carbocycles. The van der Waals surface area contributed by atoms with Gasteiger partial charge >= 0.3 is 0 Å². The summed E-state index contributed by atoms with van der Waals surface area (Å²) in [6, 6.07) is 14.2. The van der Waals surface area contributed by atoms with E-state index < -0.39 is 0 Å². The van der Waals surface area contributed by atoms with Crippen molar-refractivity contribution in [2.45, 2.75) is 45.3 Å². The van der Waals surface area contributed by atoms with Crippen LogP contribution in [-0.2, 0) is 0 Å². The smallest absolute Gasteiger partial charge is 0.227 e. The summed E-state index contributed by atoms with van der Waals surface area (Å²) in [5.41, 5.74) is 3.47. The minimum Gasteiger partial charge on any atom is -0.490 e. The fraction of sp³-hybridized carbons (Fsp3) is 0.321. The van der Waals surface area contributed by atoms with Crippen molar-refractivity contribution in [3.8, 4) is 16.9 Å². The predicted molar refractivity (Wildman–Crippen MR) is 137 cm³/mol. The third-order valence-corrected chi connectivity index (χ3v) is 6.42. The maximum absolute atomic E-state index is 13.6. The van der Waals surface area contributed by atoms with Gasteiger partial charge in [0.1, 0.15) is 17.7 Å². The third kappa shape index (κ3) is 5.41. The average molecular weight is 472 g/mol. The summed E-state index contributed by atoms with van der Waals surface area (Å²) in [5, 5.41) is 3.98. The van der Waals surface area contributed by atoms with Crippen LogP contribution in [0.4, 0.5) is 16.0 Å². The Morgan fingerprint density at radius 3 is 2.57 bits per heavy atom. The maximum atomic E-state index is 13.6. The molecule has 0 atom stereocenters. The first-order valence-corrected chi connectivity index (χ1v) is 12.0. The molecule has 0 spiro atoms. The molecule has 3 heterocycles. The monoisotopic (exact) mass is 471 g/mol. The number of hydrogen-bond donors (Lipinski definition) is 1. The number of piperidine rings is 1. The summed E-state index contributed by atoms with van der Waals surface area (Å²) >= 11 is 0. The summed E-state index contributed by atoms with van der Waals surface area (Å²) in [7, 11) is 0. The van der Waals surface area contributed by atoms with E-state index in [4.69, 9.17) is 4.74 Å². The minimum absolute atomic E-state index is 0.133. The van der Waals surface area contributed by atoms with Crippen LogP contribution in [-0.4, -0.2) is 44.6 Å². The van der Waals surface area contributed by atoms with Gasteiger partial charge in [0.25, 0.3) is 0 Å². The van der Waals surface area contributed by atoms with Gasteiger partial charge in [-0.25, -0.2) is 14.4 Å². The van der Waals surface area contributed by atoms with E-state index in [0.717, 1.165) is 53.7 Å². The third-order valence-electron chi connectivity index (χ3n) is 6.42. The van der Waals surface area contributed by atoms with Crippen LogP contribution in [0.3, 0.4) is 0 Å². The van der Waals surface area contributed by atoms with Crippen molar-refractivity contribution in [3.05, 3.63) is 72.9 Å². The summed E-state index contributed by atoms with van der Waals surface area (Å²) in [4.78, 5) is 15.9. The molecular formula is C28H30FN5O. The van der Waals surface area contributed by atoms with Gasteiger partial charge in [0.05, 0.1) is 5.52 Å². The van der Waals surface area contributed by atoms with Crippen LogP contribution in [0, 0.1) is 5.82 Å². The zero-order valence-corrected chi connectivity index (χ0v) is 20.3. The van der Waals surface area contributed by atoms with Gasteiger partial charge in [-0.2, -0.15) is 0 Å². The molecule has 180 valence electrons. The van der Waals surface area contributed by atoms with Crippen molar-refractivity contribution in [1.29, 1.82) is 0 Å². The fourth-order valence-corrected chi connectivity index (χ4v) is 4.48. The first-order chi connectivity index (χ1) is 16.8. The van der Waals surface area contributed by atoms with Crippen LogP contribution in [0.1, 0.15) is 33.6 Å². The largest absolute Gasteiger partial charge is 0.490 e. The highest BCUT2D eigenvalue weighted by Crippen LogP contribution is 2.35. The molecule has 5 rings (SSSR count). The number of rotatable bonds is 5. The van der Waals surface area contributed by atoms with Gasteiger partial charge in [-0.3, -0.25) is 9.88 Å². The molecule has 0 amide bonds. The van der Waals surface area contributed by atoms with Crippen molar-refractivity contribution in [3.63, 3.8) is 0 Å². The Kier molecular flexibility index (Phi) is 6.34. The molecular weight excluding hydrogens is 441 g/mol. The lowest BCUT2D eigenvalue weighted by molar-refractivity contribution is 0.0494. The Morgan fingerprint density at radius 1 is 1.03 bits per heavy atom. The van der Waals surface area contributed by atoms with Crippen LogP contribution in [0.2, 0.25) is 0 Å². The Balaban J connectivity index is 1.46. The van der Waals surface area contributed by atoms with Gasteiger partial charge in [0.15, 0.2) is 0 Å². The number of pyridine rings is 1. The predicted octanol–water partition coefficient (Wildman–Crippen LogP) is 6.22. The zero-order valence-electron chi connectivity index (χ0n) is 20.3. The number of benzene rings is 2. The zero-order chi connectivity index (χ0) is 24.4. The molecule has 2 aromatic heterocycles. The Bertz CT molecular complexity index is 1310. The number of halogens is 1. The highest BCUT2D eigenvalue weighted by Gasteiger charge is 2.28. The number of nitrogens with one attached hydrogen (secondary N) is 1. The molecule has 1 fully saturated rings. The highest BCUT2D eigenvalue weighted by atomic mass is 19.1. The first-order valence-electron chi connectivity index (χ1n) is 12.0. The lowest BCUT2D eigenvalue weighted by Gasteiger charge is -2.40. The Hall–Kier alpha value is -3.58. The van der Waals surface area contributed by atoms with Gasteiger partial charge in [-0.05, 0) is 63.9 Å². The van der Waals surface area contributed by atoms with Crippen molar-refractivity contribution >= 4 is 22.5 Å². The van der Waals surface area contributed by atoms with E-state index in [0.29, 0.717) is 11.6 Å². The van der Waals surface area contributed by atoms with Gasteiger partial charge < -0.3 is 10.1 Å². The van der Waals surface area contributed by atoms with Gasteiger partial charge in [0, 0.05) is 65.5 Å². The van der Waals surface area contributed by atoms with Crippen LogP contribution in [0.5, 0.6) is 5.75 Å². The average Bonchev–Trinajstić information content (AvgIpc) is 2.84. The van der Waals surface area contributed by atoms with Crippen LogP contribution >= 0.6 is 0 Å². The second-order valence-electron chi connectivity index (χ2n) is 9.95. The number of ether oxygens (including phenoxy) is 1. The quantitative estimate of drug-likeness (QED) is 0.373. The van der Waals surface area contributed by atoms with E-state index in [2.05, 4.69) is 52.0 Å².